The minimum Gasteiger partial charge on any atom is -0.493 e. The lowest BCUT2D eigenvalue weighted by Gasteiger charge is -2.23. The van der Waals surface area contributed by atoms with Crippen LogP contribution in [0.5, 0.6) is 17.2 Å². The monoisotopic (exact) mass is 405 g/mol. The quantitative estimate of drug-likeness (QED) is 0.631. The summed E-state index contributed by atoms with van der Waals surface area (Å²) in [7, 11) is 3.19. The molecule has 2 rings (SSSR count). The Kier molecular flexibility index (Phi) is 8.00. The molecule has 0 bridgehead atoms. The number of hydrogen-bond donors (Lipinski definition) is 1. The van der Waals surface area contributed by atoms with Crippen molar-refractivity contribution in [2.45, 2.75) is 45.8 Å². The van der Waals surface area contributed by atoms with Gasteiger partial charge < -0.3 is 19.5 Å². The van der Waals surface area contributed by atoms with E-state index in [1.807, 2.05) is 45.0 Å². The van der Waals surface area contributed by atoms with Crippen LogP contribution in [-0.2, 0) is 4.79 Å². The van der Waals surface area contributed by atoms with E-state index < -0.39 is 6.10 Å². The van der Waals surface area contributed by atoms with Crippen LogP contribution in [0.25, 0.3) is 0 Å². The van der Waals surface area contributed by atoms with Gasteiger partial charge in [-0.15, -0.1) is 0 Å². The van der Waals surface area contributed by atoms with Crippen LogP contribution in [0.3, 0.4) is 0 Å². The van der Waals surface area contributed by atoms with Crippen LogP contribution in [0.15, 0.2) is 36.4 Å². The molecule has 0 heterocycles. The fraction of sp³-hybridized carbons (Fsp3) is 0.409. The zero-order valence-electron chi connectivity index (χ0n) is 17.0. The molecule has 28 heavy (non-hydrogen) atoms. The Hall–Kier alpha value is -2.40. The molecule has 0 aliphatic carbocycles. The second-order valence-corrected chi connectivity index (χ2v) is 6.92. The van der Waals surface area contributed by atoms with Crippen LogP contribution >= 0.6 is 11.6 Å². The molecular weight excluding hydrogens is 378 g/mol. The molecular formula is C22H28ClNO4. The Morgan fingerprint density at radius 3 is 2.32 bits per heavy atom. The molecule has 0 aliphatic rings. The SMILES string of the molecule is CC[C@@H](Oc1ccc(Cl)c(C)c1)C(=O)N[C@H](CC)c1ccc(OC)c(OC)c1. The number of amides is 1. The fourth-order valence-electron chi connectivity index (χ4n) is 2.93. The van der Waals surface area contributed by atoms with Crippen LogP contribution in [-0.4, -0.2) is 26.2 Å². The Labute approximate surface area is 171 Å². The number of carbonyl (C=O) groups is 1. The van der Waals surface area contributed by atoms with E-state index in [4.69, 9.17) is 25.8 Å². The zero-order chi connectivity index (χ0) is 20.7. The molecule has 0 fully saturated rings. The third-order valence-corrected chi connectivity index (χ3v) is 5.03. The minimum absolute atomic E-state index is 0.156. The smallest absolute Gasteiger partial charge is 0.261 e. The van der Waals surface area contributed by atoms with Gasteiger partial charge in [0.25, 0.3) is 5.91 Å². The normalized spacial score (nSPS) is 12.8. The maximum atomic E-state index is 12.8. The molecule has 1 amide bonds. The lowest BCUT2D eigenvalue weighted by Crippen LogP contribution is -2.40. The highest BCUT2D eigenvalue weighted by Crippen LogP contribution is 2.31. The highest BCUT2D eigenvalue weighted by atomic mass is 35.5. The summed E-state index contributed by atoms with van der Waals surface area (Å²) in [5, 5.41) is 3.75. The van der Waals surface area contributed by atoms with Crippen molar-refractivity contribution in [2.24, 2.45) is 0 Å². The maximum Gasteiger partial charge on any atom is 0.261 e. The first-order valence-electron chi connectivity index (χ1n) is 9.38. The van der Waals surface area contributed by atoms with E-state index >= 15 is 0 Å². The molecule has 0 unspecified atom stereocenters. The van der Waals surface area contributed by atoms with Crippen molar-refractivity contribution < 1.29 is 19.0 Å². The van der Waals surface area contributed by atoms with Gasteiger partial charge in [0.2, 0.25) is 0 Å². The summed E-state index contributed by atoms with van der Waals surface area (Å²) in [6.07, 6.45) is 0.697. The molecule has 0 saturated heterocycles. The van der Waals surface area contributed by atoms with Gasteiger partial charge in [0.05, 0.1) is 20.3 Å². The predicted octanol–water partition coefficient (Wildman–Crippen LogP) is 5.09. The van der Waals surface area contributed by atoms with Gasteiger partial charge in [0, 0.05) is 5.02 Å². The van der Waals surface area contributed by atoms with E-state index in [1.165, 1.54) is 0 Å². The molecule has 1 N–H and O–H groups in total. The van der Waals surface area contributed by atoms with Gasteiger partial charge in [-0.2, -0.15) is 0 Å². The Balaban J connectivity index is 2.13. The average Bonchev–Trinajstić information content (AvgIpc) is 2.71. The van der Waals surface area contributed by atoms with Crippen molar-refractivity contribution in [3.8, 4) is 17.2 Å². The van der Waals surface area contributed by atoms with Crippen molar-refractivity contribution in [2.75, 3.05) is 14.2 Å². The molecule has 0 aromatic heterocycles. The molecule has 152 valence electrons. The summed E-state index contributed by atoms with van der Waals surface area (Å²) in [5.74, 6) is 1.76. The molecule has 0 spiro atoms. The first kappa shape index (κ1) is 21.9. The number of rotatable bonds is 9. The highest BCUT2D eigenvalue weighted by Gasteiger charge is 2.23. The largest absolute Gasteiger partial charge is 0.493 e. The van der Waals surface area contributed by atoms with Crippen molar-refractivity contribution in [3.05, 3.63) is 52.5 Å². The number of benzene rings is 2. The summed E-state index contributed by atoms with van der Waals surface area (Å²) >= 11 is 6.06. The number of nitrogens with one attached hydrogen (secondary N) is 1. The number of hydrogen-bond acceptors (Lipinski definition) is 4. The second kappa shape index (κ2) is 10.2. The summed E-state index contributed by atoms with van der Waals surface area (Å²) < 4.78 is 16.6. The number of methoxy groups -OCH3 is 2. The average molecular weight is 406 g/mol. The first-order chi connectivity index (χ1) is 13.4. The van der Waals surface area contributed by atoms with Crippen molar-refractivity contribution in [1.29, 1.82) is 0 Å². The van der Waals surface area contributed by atoms with Gasteiger partial charge >= 0.3 is 0 Å². The predicted molar refractivity (Wildman–Crippen MR) is 112 cm³/mol. The van der Waals surface area contributed by atoms with Crippen LogP contribution in [0.1, 0.15) is 43.9 Å². The van der Waals surface area contributed by atoms with E-state index in [-0.39, 0.29) is 11.9 Å². The van der Waals surface area contributed by atoms with Gasteiger partial charge in [-0.05, 0) is 61.2 Å². The fourth-order valence-corrected chi connectivity index (χ4v) is 3.05. The minimum atomic E-state index is -0.588. The van der Waals surface area contributed by atoms with Gasteiger partial charge in [-0.3, -0.25) is 4.79 Å². The topological polar surface area (TPSA) is 56.8 Å². The zero-order valence-corrected chi connectivity index (χ0v) is 17.8. The number of halogens is 1. The van der Waals surface area contributed by atoms with Crippen LogP contribution < -0.4 is 19.5 Å². The Bertz CT molecular complexity index is 809. The number of carbonyl (C=O) groups excluding carboxylic acids is 1. The number of aryl methyl sites for hydroxylation is 1. The van der Waals surface area contributed by atoms with E-state index in [0.29, 0.717) is 28.7 Å². The lowest BCUT2D eigenvalue weighted by molar-refractivity contribution is -0.128. The third-order valence-electron chi connectivity index (χ3n) is 4.61. The van der Waals surface area contributed by atoms with Gasteiger partial charge in [0.15, 0.2) is 17.6 Å². The number of ether oxygens (including phenoxy) is 3. The van der Waals surface area contributed by atoms with Gasteiger partial charge in [-0.1, -0.05) is 31.5 Å². The Morgan fingerprint density at radius 2 is 1.75 bits per heavy atom. The molecule has 2 aromatic rings. The van der Waals surface area contributed by atoms with Gasteiger partial charge in [-0.25, -0.2) is 0 Å². The molecule has 6 heteroatoms. The van der Waals surface area contributed by atoms with Gasteiger partial charge in [0.1, 0.15) is 5.75 Å². The third kappa shape index (κ3) is 5.32. The molecule has 0 saturated carbocycles. The molecule has 2 aromatic carbocycles. The van der Waals surface area contributed by atoms with E-state index in [1.54, 1.807) is 26.4 Å². The Morgan fingerprint density at radius 1 is 1.04 bits per heavy atom. The highest BCUT2D eigenvalue weighted by molar-refractivity contribution is 6.31. The van der Waals surface area contributed by atoms with Crippen molar-refractivity contribution in [1.82, 2.24) is 5.32 Å². The summed E-state index contributed by atoms with van der Waals surface area (Å²) in [6, 6.07) is 10.9. The molecule has 5 nitrogen and oxygen atoms in total. The van der Waals surface area contributed by atoms with Crippen LogP contribution in [0.2, 0.25) is 5.02 Å². The summed E-state index contributed by atoms with van der Waals surface area (Å²) in [5.41, 5.74) is 1.86. The summed E-state index contributed by atoms with van der Waals surface area (Å²) in [6.45, 7) is 5.84. The van der Waals surface area contributed by atoms with E-state index in [0.717, 1.165) is 17.5 Å². The molecule has 2 atom stereocenters. The van der Waals surface area contributed by atoms with Crippen molar-refractivity contribution in [3.63, 3.8) is 0 Å². The van der Waals surface area contributed by atoms with Crippen molar-refractivity contribution >= 4 is 17.5 Å². The van der Waals surface area contributed by atoms with Crippen LogP contribution in [0.4, 0.5) is 0 Å². The first-order valence-corrected chi connectivity index (χ1v) is 9.76. The van der Waals surface area contributed by atoms with E-state index in [2.05, 4.69) is 5.32 Å². The van der Waals surface area contributed by atoms with E-state index in [9.17, 15) is 4.79 Å². The van der Waals surface area contributed by atoms with Crippen LogP contribution in [0, 0.1) is 6.92 Å². The molecule has 0 radical (unpaired) electrons. The standard InChI is InChI=1S/C22H28ClNO4/c1-6-18(15-8-11-20(26-4)21(13-15)27-5)24-22(25)19(7-2)28-16-9-10-17(23)14(3)12-16/h8-13,18-19H,6-7H2,1-5H3,(H,24,25)/t18-,19-/m1/s1. The maximum absolute atomic E-state index is 12.8. The molecule has 0 aliphatic heterocycles. The second-order valence-electron chi connectivity index (χ2n) is 6.51. The summed E-state index contributed by atoms with van der Waals surface area (Å²) in [4.78, 5) is 12.8. The lowest BCUT2D eigenvalue weighted by atomic mass is 10.0.